The highest BCUT2D eigenvalue weighted by molar-refractivity contribution is 7.08. The third-order valence-corrected chi connectivity index (χ3v) is 4.93. The normalized spacial score (nSPS) is 14.3. The molecule has 0 radical (unpaired) electrons. The van der Waals surface area contributed by atoms with Gasteiger partial charge in [0, 0.05) is 18.7 Å². The zero-order valence-electron chi connectivity index (χ0n) is 13.2. The second-order valence-corrected chi connectivity index (χ2v) is 6.55. The van der Waals surface area contributed by atoms with E-state index in [4.69, 9.17) is 0 Å². The molecule has 1 amide bonds. The second kappa shape index (κ2) is 6.12. The summed E-state index contributed by atoms with van der Waals surface area (Å²) < 4.78 is 5.89. The van der Waals surface area contributed by atoms with E-state index in [1.807, 2.05) is 40.8 Å². The molecule has 1 aliphatic heterocycles. The van der Waals surface area contributed by atoms with Crippen LogP contribution in [0.25, 0.3) is 11.3 Å². The molecule has 0 bridgehead atoms. The Hall–Kier alpha value is -2.61. The molecule has 7 nitrogen and oxygen atoms in total. The molecule has 0 atom stereocenters. The molecule has 3 heterocycles. The van der Waals surface area contributed by atoms with Crippen molar-refractivity contribution in [1.29, 1.82) is 0 Å². The van der Waals surface area contributed by atoms with Gasteiger partial charge in [-0.05, 0) is 30.4 Å². The third-order valence-electron chi connectivity index (χ3n) is 4.22. The molecule has 1 aliphatic rings. The number of amides is 1. The lowest BCUT2D eigenvalue weighted by molar-refractivity contribution is 0.0751. The Kier molecular flexibility index (Phi) is 3.81. The van der Waals surface area contributed by atoms with Gasteiger partial charge in [-0.1, -0.05) is 34.0 Å². The first-order valence-electron chi connectivity index (χ1n) is 7.79. The van der Waals surface area contributed by atoms with Crippen LogP contribution in [0.2, 0.25) is 0 Å². The fourth-order valence-electron chi connectivity index (χ4n) is 2.94. The summed E-state index contributed by atoms with van der Waals surface area (Å²) in [6.07, 6.45) is 2.58. The standard InChI is InChI=1S/C16H16N6OS/c1-11-5-2-3-6-13(11)14-15(24-20-18-14)16(23)21-7-4-8-22-12(10-21)9-17-19-22/h2-3,5-6,9H,4,7-8,10H2,1H3. The highest BCUT2D eigenvalue weighted by atomic mass is 32.1. The molecule has 0 saturated heterocycles. The van der Waals surface area contributed by atoms with E-state index in [1.54, 1.807) is 6.20 Å². The summed E-state index contributed by atoms with van der Waals surface area (Å²) in [7, 11) is 0. The van der Waals surface area contributed by atoms with Crippen molar-refractivity contribution in [3.8, 4) is 11.3 Å². The van der Waals surface area contributed by atoms with E-state index in [-0.39, 0.29) is 5.91 Å². The smallest absolute Gasteiger partial charge is 0.268 e. The van der Waals surface area contributed by atoms with E-state index >= 15 is 0 Å². The van der Waals surface area contributed by atoms with Gasteiger partial charge in [-0.3, -0.25) is 4.79 Å². The topological polar surface area (TPSA) is 76.8 Å². The number of fused-ring (bicyclic) bond motifs is 1. The molecule has 0 saturated carbocycles. The van der Waals surface area contributed by atoms with Crippen LogP contribution in [0.1, 0.15) is 27.3 Å². The van der Waals surface area contributed by atoms with Crippen LogP contribution in [0.4, 0.5) is 0 Å². The number of aryl methyl sites for hydroxylation is 2. The first kappa shape index (κ1) is 14.9. The van der Waals surface area contributed by atoms with Crippen molar-refractivity contribution in [3.63, 3.8) is 0 Å². The number of hydrogen-bond donors (Lipinski definition) is 0. The summed E-state index contributed by atoms with van der Waals surface area (Å²) in [6.45, 7) is 3.99. The number of hydrogen-bond acceptors (Lipinski definition) is 6. The highest BCUT2D eigenvalue weighted by Crippen LogP contribution is 2.28. The summed E-state index contributed by atoms with van der Waals surface area (Å²) in [5, 5.41) is 12.2. The second-order valence-electron chi connectivity index (χ2n) is 5.79. The number of carbonyl (C=O) groups is 1. The molecular weight excluding hydrogens is 324 g/mol. The molecule has 8 heteroatoms. The van der Waals surface area contributed by atoms with Crippen molar-refractivity contribution in [1.82, 2.24) is 29.5 Å². The van der Waals surface area contributed by atoms with E-state index in [2.05, 4.69) is 19.9 Å². The number of rotatable bonds is 2. The van der Waals surface area contributed by atoms with Crippen molar-refractivity contribution < 1.29 is 4.79 Å². The zero-order valence-corrected chi connectivity index (χ0v) is 14.0. The van der Waals surface area contributed by atoms with Crippen LogP contribution in [0.5, 0.6) is 0 Å². The van der Waals surface area contributed by atoms with E-state index in [1.165, 1.54) is 0 Å². The number of carbonyl (C=O) groups excluding carboxylic acids is 1. The van der Waals surface area contributed by atoms with Gasteiger partial charge in [0.05, 0.1) is 18.4 Å². The number of aromatic nitrogens is 5. The average Bonchev–Trinajstić information content (AvgIpc) is 3.20. The maximum atomic E-state index is 13.1. The predicted octanol–water partition coefficient (Wildman–Crippen LogP) is 2.15. The summed E-state index contributed by atoms with van der Waals surface area (Å²) in [5.41, 5.74) is 3.66. The fourth-order valence-corrected chi connectivity index (χ4v) is 3.59. The summed E-state index contributed by atoms with van der Waals surface area (Å²) in [4.78, 5) is 15.5. The van der Waals surface area contributed by atoms with Gasteiger partial charge < -0.3 is 4.90 Å². The third kappa shape index (κ3) is 2.58. The lowest BCUT2D eigenvalue weighted by Crippen LogP contribution is -2.30. The Morgan fingerprint density at radius 3 is 3.00 bits per heavy atom. The van der Waals surface area contributed by atoms with E-state index in [0.29, 0.717) is 23.7 Å². The van der Waals surface area contributed by atoms with Crippen molar-refractivity contribution in [3.05, 3.63) is 46.6 Å². The van der Waals surface area contributed by atoms with Crippen LogP contribution in [0, 0.1) is 6.92 Å². The van der Waals surface area contributed by atoms with Crippen LogP contribution < -0.4 is 0 Å². The molecule has 24 heavy (non-hydrogen) atoms. The van der Waals surface area contributed by atoms with Crippen LogP contribution >= 0.6 is 11.5 Å². The Morgan fingerprint density at radius 2 is 2.12 bits per heavy atom. The van der Waals surface area contributed by atoms with Crippen LogP contribution in [0.3, 0.4) is 0 Å². The van der Waals surface area contributed by atoms with Gasteiger partial charge in [0.15, 0.2) is 0 Å². The largest absolute Gasteiger partial charge is 0.332 e. The zero-order chi connectivity index (χ0) is 16.5. The summed E-state index contributed by atoms with van der Waals surface area (Å²) in [5.74, 6) is -0.0297. The first-order chi connectivity index (χ1) is 11.7. The highest BCUT2D eigenvalue weighted by Gasteiger charge is 2.26. The molecule has 0 unspecified atom stereocenters. The van der Waals surface area contributed by atoms with Crippen LogP contribution in [0.15, 0.2) is 30.5 Å². The van der Waals surface area contributed by atoms with E-state index in [0.717, 1.165) is 41.3 Å². The lowest BCUT2D eigenvalue weighted by Gasteiger charge is -2.19. The van der Waals surface area contributed by atoms with Crippen molar-refractivity contribution >= 4 is 17.4 Å². The van der Waals surface area contributed by atoms with Gasteiger partial charge in [0.25, 0.3) is 5.91 Å². The van der Waals surface area contributed by atoms with Crippen molar-refractivity contribution in [2.45, 2.75) is 26.4 Å². The lowest BCUT2D eigenvalue weighted by atomic mass is 10.0. The maximum absolute atomic E-state index is 13.1. The first-order valence-corrected chi connectivity index (χ1v) is 8.56. The SMILES string of the molecule is Cc1ccccc1-c1nnsc1C(=O)N1CCCn2nncc2C1. The van der Waals surface area contributed by atoms with E-state index < -0.39 is 0 Å². The minimum absolute atomic E-state index is 0.0297. The molecule has 0 spiro atoms. The monoisotopic (exact) mass is 340 g/mol. The molecule has 1 aromatic carbocycles. The molecule has 122 valence electrons. The van der Waals surface area contributed by atoms with Gasteiger partial charge in [-0.15, -0.1) is 10.2 Å². The molecule has 0 N–H and O–H groups in total. The molecule has 0 aliphatic carbocycles. The summed E-state index contributed by atoms with van der Waals surface area (Å²) in [6, 6.07) is 7.92. The maximum Gasteiger partial charge on any atom is 0.268 e. The van der Waals surface area contributed by atoms with Gasteiger partial charge >= 0.3 is 0 Å². The Bertz CT molecular complexity index is 886. The van der Waals surface area contributed by atoms with Gasteiger partial charge in [0.1, 0.15) is 10.6 Å². The van der Waals surface area contributed by atoms with Gasteiger partial charge in [-0.2, -0.15) is 0 Å². The fraction of sp³-hybridized carbons (Fsp3) is 0.312. The van der Waals surface area contributed by atoms with Crippen LogP contribution in [-0.4, -0.2) is 41.9 Å². The average molecular weight is 340 g/mol. The van der Waals surface area contributed by atoms with Gasteiger partial charge in [-0.25, -0.2) is 4.68 Å². The number of nitrogens with zero attached hydrogens (tertiary/aromatic N) is 6. The number of benzene rings is 1. The predicted molar refractivity (Wildman–Crippen MR) is 89.5 cm³/mol. The molecule has 3 aromatic rings. The molecule has 0 fully saturated rings. The molecule has 4 rings (SSSR count). The minimum Gasteiger partial charge on any atom is -0.332 e. The Morgan fingerprint density at radius 1 is 1.25 bits per heavy atom. The molecular formula is C16H16N6OS. The quantitative estimate of drug-likeness (QED) is 0.714. The van der Waals surface area contributed by atoms with Gasteiger partial charge in [0.2, 0.25) is 0 Å². The minimum atomic E-state index is -0.0297. The van der Waals surface area contributed by atoms with Crippen LogP contribution in [-0.2, 0) is 13.1 Å². The summed E-state index contributed by atoms with van der Waals surface area (Å²) >= 11 is 1.15. The van der Waals surface area contributed by atoms with Crippen molar-refractivity contribution in [2.24, 2.45) is 0 Å². The Balaban J connectivity index is 1.67. The Labute approximate surface area is 143 Å². The van der Waals surface area contributed by atoms with Crippen molar-refractivity contribution in [2.75, 3.05) is 6.54 Å². The molecule has 2 aromatic heterocycles. The van der Waals surface area contributed by atoms with E-state index in [9.17, 15) is 4.79 Å².